The molecule has 0 amide bonds. The highest BCUT2D eigenvalue weighted by atomic mass is 19.1. The van der Waals surface area contributed by atoms with E-state index in [1.807, 2.05) is 6.07 Å². The fraction of sp³-hybridized carbons (Fsp3) is 0.0455. The van der Waals surface area contributed by atoms with Crippen molar-refractivity contribution in [2.75, 3.05) is 0 Å². The van der Waals surface area contributed by atoms with E-state index >= 15 is 0 Å². The van der Waals surface area contributed by atoms with E-state index in [-0.39, 0.29) is 27.8 Å². The maximum absolute atomic E-state index is 14.9. The van der Waals surface area contributed by atoms with Crippen LogP contribution in [0.1, 0.15) is 11.1 Å². The lowest BCUT2D eigenvalue weighted by molar-refractivity contribution is 0.571. The number of pyridine rings is 1. The van der Waals surface area contributed by atoms with E-state index in [1.54, 1.807) is 36.4 Å². The summed E-state index contributed by atoms with van der Waals surface area (Å²) in [4.78, 5) is 3.95. The van der Waals surface area contributed by atoms with Crippen LogP contribution >= 0.6 is 0 Å². The zero-order valence-electron chi connectivity index (χ0n) is 15.5. The second kappa shape index (κ2) is 7.64. The van der Waals surface area contributed by atoms with Gasteiger partial charge in [0.2, 0.25) is 0 Å². The van der Waals surface area contributed by atoms with Crippen molar-refractivity contribution in [3.63, 3.8) is 0 Å². The number of hydrogen-bond acceptors (Lipinski definition) is 5. The van der Waals surface area contributed by atoms with Crippen molar-refractivity contribution < 1.29 is 8.78 Å². The van der Waals surface area contributed by atoms with Crippen LogP contribution in [0.5, 0.6) is 0 Å². The first-order valence-electron chi connectivity index (χ1n) is 8.93. The van der Waals surface area contributed by atoms with Crippen LogP contribution in [0.4, 0.5) is 8.78 Å². The van der Waals surface area contributed by atoms with Gasteiger partial charge in [0.25, 0.3) is 0 Å². The number of rotatable bonds is 3. The lowest BCUT2D eigenvalue weighted by Crippen LogP contribution is -2.30. The van der Waals surface area contributed by atoms with Crippen molar-refractivity contribution in [3.8, 4) is 17.3 Å². The molecule has 0 aliphatic heterocycles. The van der Waals surface area contributed by atoms with Crippen LogP contribution in [-0.4, -0.2) is 20.6 Å². The van der Waals surface area contributed by atoms with Gasteiger partial charge in [0.15, 0.2) is 0 Å². The van der Waals surface area contributed by atoms with Crippen LogP contribution < -0.4 is 5.49 Å². The number of nitrogens with one attached hydrogen (secondary N) is 2. The molecule has 0 unspecified atom stereocenters. The van der Waals surface area contributed by atoms with Gasteiger partial charge in [0.05, 0.1) is 22.8 Å². The van der Waals surface area contributed by atoms with Crippen molar-refractivity contribution in [1.82, 2.24) is 14.8 Å². The molecule has 0 radical (unpaired) electrons. The van der Waals surface area contributed by atoms with Crippen LogP contribution in [0.2, 0.25) is 0 Å². The Labute approximate surface area is 169 Å². The number of hydrogen-bond donors (Lipinski definition) is 2. The summed E-state index contributed by atoms with van der Waals surface area (Å²) in [5.74, 6) is -1.86. The molecule has 2 aromatic carbocycles. The average Bonchev–Trinajstić information content (AvgIpc) is 2.77. The summed E-state index contributed by atoms with van der Waals surface area (Å²) in [5.41, 5.74) is 1.30. The third-order valence-corrected chi connectivity index (χ3v) is 4.61. The quantitative estimate of drug-likeness (QED) is 0.404. The van der Waals surface area contributed by atoms with E-state index in [4.69, 9.17) is 16.1 Å². The molecule has 4 aromatic rings. The Morgan fingerprint density at radius 2 is 1.93 bits per heavy atom. The molecular formula is C22H14F2N6. The highest BCUT2D eigenvalue weighted by molar-refractivity contribution is 5.86. The summed E-state index contributed by atoms with van der Waals surface area (Å²) in [6, 6.07) is 16.0. The average molecular weight is 400 g/mol. The fourth-order valence-electron chi connectivity index (χ4n) is 3.13. The Morgan fingerprint density at radius 1 is 1.10 bits per heavy atom. The predicted octanol–water partition coefficient (Wildman–Crippen LogP) is 3.80. The largest absolute Gasteiger partial charge is 0.286 e. The normalized spacial score (nSPS) is 10.7. The van der Waals surface area contributed by atoms with Crippen molar-refractivity contribution in [1.29, 1.82) is 16.1 Å². The van der Waals surface area contributed by atoms with Gasteiger partial charge in [-0.1, -0.05) is 12.1 Å². The number of benzene rings is 2. The molecule has 0 atom stereocenters. The molecule has 8 heteroatoms. The second-order valence-corrected chi connectivity index (χ2v) is 6.55. The molecule has 0 aliphatic carbocycles. The first-order valence-corrected chi connectivity index (χ1v) is 8.93. The molecule has 0 fully saturated rings. The summed E-state index contributed by atoms with van der Waals surface area (Å²) in [6.07, 6.45) is 1.05. The molecule has 30 heavy (non-hydrogen) atoms. The van der Waals surface area contributed by atoms with Crippen molar-refractivity contribution in [3.05, 3.63) is 89.0 Å². The van der Waals surface area contributed by atoms with E-state index in [0.29, 0.717) is 16.8 Å². The van der Waals surface area contributed by atoms with Crippen LogP contribution in [0, 0.1) is 33.8 Å². The van der Waals surface area contributed by atoms with Gasteiger partial charge >= 0.3 is 0 Å². The first kappa shape index (κ1) is 19.1. The number of aromatic nitrogens is 3. The Morgan fingerprint density at radius 3 is 2.73 bits per heavy atom. The minimum absolute atomic E-state index is 0.108. The summed E-state index contributed by atoms with van der Waals surface area (Å²) in [7, 11) is 0. The lowest BCUT2D eigenvalue weighted by atomic mass is 10.1. The third kappa shape index (κ3) is 3.44. The van der Waals surface area contributed by atoms with Crippen LogP contribution in [0.3, 0.4) is 0 Å². The minimum Gasteiger partial charge on any atom is -0.286 e. The molecule has 0 bridgehead atoms. The van der Waals surface area contributed by atoms with Gasteiger partial charge in [-0.3, -0.25) is 15.8 Å². The first-order chi connectivity index (χ1) is 14.5. The minimum atomic E-state index is -0.812. The van der Waals surface area contributed by atoms with Gasteiger partial charge in [0.1, 0.15) is 23.0 Å². The highest BCUT2D eigenvalue weighted by Gasteiger charge is 2.17. The number of halogens is 2. The van der Waals surface area contributed by atoms with E-state index in [0.717, 1.165) is 10.7 Å². The van der Waals surface area contributed by atoms with Gasteiger partial charge < -0.3 is 0 Å². The van der Waals surface area contributed by atoms with Crippen molar-refractivity contribution in [2.45, 2.75) is 6.42 Å². The van der Waals surface area contributed by atoms with Crippen LogP contribution in [-0.2, 0) is 6.42 Å². The van der Waals surface area contributed by atoms with Gasteiger partial charge in [-0.25, -0.2) is 13.5 Å². The molecule has 146 valence electrons. The molecule has 4 rings (SSSR count). The number of fused-ring (bicyclic) bond motifs is 1. The summed E-state index contributed by atoms with van der Waals surface area (Å²) in [6.45, 7) is 0. The molecule has 2 aromatic heterocycles. The van der Waals surface area contributed by atoms with E-state index in [2.05, 4.69) is 10.1 Å². The monoisotopic (exact) mass is 400 g/mol. The zero-order valence-corrected chi connectivity index (χ0v) is 15.5. The summed E-state index contributed by atoms with van der Waals surface area (Å²) >= 11 is 0. The Hall–Kier alpha value is -4.25. The van der Waals surface area contributed by atoms with Crippen LogP contribution in [0.25, 0.3) is 22.2 Å². The van der Waals surface area contributed by atoms with Gasteiger partial charge in [0, 0.05) is 35.2 Å². The zero-order chi connectivity index (χ0) is 21.3. The predicted molar refractivity (Wildman–Crippen MR) is 107 cm³/mol. The van der Waals surface area contributed by atoms with E-state index < -0.39 is 18.1 Å². The Balaban J connectivity index is 1.73. The molecule has 2 heterocycles. The van der Waals surface area contributed by atoms with Gasteiger partial charge in [-0.15, -0.1) is 0 Å². The summed E-state index contributed by atoms with van der Waals surface area (Å²) in [5, 5.41) is 29.9. The fourth-order valence-corrected chi connectivity index (χ4v) is 3.13. The molecule has 0 spiro atoms. The van der Waals surface area contributed by atoms with Crippen molar-refractivity contribution >= 4 is 16.7 Å². The van der Waals surface area contributed by atoms with Crippen molar-refractivity contribution in [2.24, 2.45) is 0 Å². The Bertz CT molecular complexity index is 1400. The third-order valence-electron chi connectivity index (χ3n) is 4.61. The maximum Gasteiger partial charge on any atom is 0.148 e. The molecule has 0 saturated carbocycles. The molecule has 0 saturated heterocycles. The standard InChI is InChI=1S/C22H14F2N6/c23-17-11-19-15(5-2-8-28-19)22(24)16(17)10-21(27)30-20(26)7-6-18(29-30)14-4-1-3-13(9-14)12-25/h1-9,11,26-27H,10H2. The van der Waals surface area contributed by atoms with Gasteiger partial charge in [-0.2, -0.15) is 10.4 Å². The maximum atomic E-state index is 14.9. The molecule has 2 N–H and O–H groups in total. The van der Waals surface area contributed by atoms with E-state index in [9.17, 15) is 8.78 Å². The molecule has 6 nitrogen and oxygen atoms in total. The molecule has 0 aliphatic rings. The number of nitrogens with zero attached hydrogens (tertiary/aromatic N) is 4. The molecular weight excluding hydrogens is 386 g/mol. The van der Waals surface area contributed by atoms with Gasteiger partial charge in [-0.05, 0) is 36.4 Å². The van der Waals surface area contributed by atoms with E-state index in [1.165, 1.54) is 18.3 Å². The topological polar surface area (TPSA) is 102 Å². The second-order valence-electron chi connectivity index (χ2n) is 6.55. The SMILES string of the molecule is N#Cc1cccc(-c2ccc(=N)n(C(=N)Cc3c(F)cc4ncccc4c3F)n2)c1. The summed E-state index contributed by atoms with van der Waals surface area (Å²) < 4.78 is 30.4. The lowest BCUT2D eigenvalue weighted by Gasteiger charge is -2.12. The smallest absolute Gasteiger partial charge is 0.148 e. The Kier molecular flexibility index (Phi) is 4.86. The van der Waals surface area contributed by atoms with Crippen LogP contribution in [0.15, 0.2) is 60.8 Å². The highest BCUT2D eigenvalue weighted by Crippen LogP contribution is 2.23. The number of nitriles is 1.